The average molecular weight is 233 g/mol. The second kappa shape index (κ2) is 6.62. The predicted octanol–water partition coefficient (Wildman–Crippen LogP) is -2.61. The number of nitro groups is 1. The Balaban J connectivity index is 0. The van der Waals surface area contributed by atoms with Gasteiger partial charge in [-0.05, 0) is 5.43 Å². The van der Waals surface area contributed by atoms with Crippen molar-refractivity contribution in [1.29, 1.82) is 0 Å². The van der Waals surface area contributed by atoms with Gasteiger partial charge < -0.3 is 4.55 Å². The summed E-state index contributed by atoms with van der Waals surface area (Å²) in [5.41, 5.74) is 4.71. The summed E-state index contributed by atoms with van der Waals surface area (Å²) < 4.78 is 31.0. The first-order chi connectivity index (χ1) is 5.69. The Kier molecular flexibility index (Phi) is 7.45. The van der Waals surface area contributed by atoms with E-state index < -0.39 is 15.4 Å². The number of nitrogens with one attached hydrogen (secondary N) is 1. The molecule has 0 fully saturated rings. The highest BCUT2D eigenvalue weighted by atomic mass is 32.3. The zero-order valence-electron chi connectivity index (χ0n) is 6.42. The third-order valence-electron chi connectivity index (χ3n) is 0.420. The van der Waals surface area contributed by atoms with Crippen molar-refractivity contribution >= 4 is 27.7 Å². The van der Waals surface area contributed by atoms with Crippen LogP contribution >= 0.6 is 12.2 Å². The van der Waals surface area contributed by atoms with Crippen molar-refractivity contribution in [2.75, 3.05) is 7.11 Å². The standard InChI is InChI=1S/CH3N3O2S.CH4O4S/c2-1(7)3-4(5)6;1-5-6(2,3)4/h(H3,2,3,7);1H3,(H,2,3,4). The van der Waals surface area contributed by atoms with Crippen molar-refractivity contribution in [3.8, 4) is 0 Å². The van der Waals surface area contributed by atoms with Crippen LogP contribution in [0.3, 0.4) is 0 Å². The third-order valence-corrected chi connectivity index (χ3v) is 0.920. The maximum atomic E-state index is 9.38. The molecule has 0 atom stereocenters. The lowest BCUT2D eigenvalue weighted by atomic mass is 11.2. The minimum atomic E-state index is -4.41. The molecule has 0 bridgehead atoms. The Labute approximate surface area is 78.9 Å². The van der Waals surface area contributed by atoms with Gasteiger partial charge in [0.25, 0.3) is 0 Å². The van der Waals surface area contributed by atoms with E-state index in [1.165, 1.54) is 0 Å². The molecule has 0 spiro atoms. The SMILES string of the molecule is COS(=O)(=O)[O-].[NH3+]C(=S)N[N+](=O)[O-]. The van der Waals surface area contributed by atoms with Crippen LogP contribution in [0.1, 0.15) is 0 Å². The zero-order valence-corrected chi connectivity index (χ0v) is 8.05. The van der Waals surface area contributed by atoms with E-state index in [2.05, 4.69) is 22.1 Å². The van der Waals surface area contributed by atoms with E-state index in [0.29, 0.717) is 0 Å². The maximum Gasteiger partial charge on any atom is 0.323 e. The Morgan fingerprint density at radius 2 is 2.00 bits per heavy atom. The van der Waals surface area contributed by atoms with Crippen LogP contribution in [0.5, 0.6) is 0 Å². The smallest absolute Gasteiger partial charge is 0.323 e. The molecule has 78 valence electrons. The highest BCUT2D eigenvalue weighted by Gasteiger charge is 1.95. The number of thiocarbonyl (C=S) groups is 1. The first kappa shape index (κ1) is 14.6. The summed E-state index contributed by atoms with van der Waals surface area (Å²) in [7, 11) is -3.60. The number of hydrazine groups is 1. The predicted molar refractivity (Wildman–Crippen MR) is 42.3 cm³/mol. The van der Waals surface area contributed by atoms with Crippen LogP contribution in [0, 0.1) is 10.1 Å². The molecule has 0 aliphatic heterocycles. The van der Waals surface area contributed by atoms with E-state index in [4.69, 9.17) is 0 Å². The number of nitrogens with zero attached hydrogens (tertiary/aromatic N) is 1. The molecule has 0 radical (unpaired) electrons. The summed E-state index contributed by atoms with van der Waals surface area (Å²) in [6.07, 6.45) is 0. The normalized spacial score (nSPS) is 9.46. The molecule has 0 aromatic heterocycles. The number of hydrogen-bond donors (Lipinski definition) is 2. The highest BCUT2D eigenvalue weighted by Crippen LogP contribution is 1.74. The summed E-state index contributed by atoms with van der Waals surface area (Å²) in [6, 6.07) is 0. The molecular formula is C2H7N3O6S2. The highest BCUT2D eigenvalue weighted by molar-refractivity contribution is 7.80. The van der Waals surface area contributed by atoms with Crippen molar-refractivity contribution in [3.05, 3.63) is 10.1 Å². The summed E-state index contributed by atoms with van der Waals surface area (Å²) >= 11 is 4.21. The third kappa shape index (κ3) is 24.7. The summed E-state index contributed by atoms with van der Waals surface area (Å²) in [6.45, 7) is 0. The fraction of sp³-hybridized carbons (Fsp3) is 0.500. The van der Waals surface area contributed by atoms with Gasteiger partial charge in [0.15, 0.2) is 5.03 Å². The molecular weight excluding hydrogens is 226 g/mol. The van der Waals surface area contributed by atoms with Gasteiger partial charge in [-0.15, -0.1) is 0 Å². The molecule has 0 rings (SSSR count). The van der Waals surface area contributed by atoms with Gasteiger partial charge in [0.2, 0.25) is 10.4 Å². The largest absolute Gasteiger partial charge is 0.726 e. The van der Waals surface area contributed by atoms with Gasteiger partial charge >= 0.3 is 5.11 Å². The van der Waals surface area contributed by atoms with Crippen LogP contribution in [0.2, 0.25) is 0 Å². The van der Waals surface area contributed by atoms with E-state index in [9.17, 15) is 23.1 Å². The van der Waals surface area contributed by atoms with E-state index >= 15 is 0 Å². The fourth-order valence-electron chi connectivity index (χ4n) is 0.102. The molecule has 0 aliphatic rings. The second-order valence-corrected chi connectivity index (χ2v) is 3.01. The van der Waals surface area contributed by atoms with Gasteiger partial charge in [0.05, 0.1) is 7.11 Å². The minimum Gasteiger partial charge on any atom is -0.726 e. The molecule has 0 aliphatic carbocycles. The first-order valence-electron chi connectivity index (χ1n) is 2.47. The molecule has 0 aromatic rings. The molecule has 4 N–H and O–H groups in total. The molecule has 0 heterocycles. The van der Waals surface area contributed by atoms with Crippen LogP contribution in [-0.2, 0) is 14.6 Å². The van der Waals surface area contributed by atoms with Crippen molar-refractivity contribution < 1.29 is 27.9 Å². The fourth-order valence-corrected chi connectivity index (χ4v) is 0.176. The Hall–Kier alpha value is -0.880. The van der Waals surface area contributed by atoms with E-state index in [1.54, 1.807) is 5.43 Å². The molecule has 11 heteroatoms. The van der Waals surface area contributed by atoms with Gasteiger partial charge in [0, 0.05) is 12.2 Å². The average Bonchev–Trinajstić information content (AvgIpc) is 1.84. The number of quaternary nitrogens is 1. The quantitative estimate of drug-likeness (QED) is 0.173. The van der Waals surface area contributed by atoms with Crippen molar-refractivity contribution in [2.24, 2.45) is 0 Å². The van der Waals surface area contributed by atoms with Crippen LogP contribution < -0.4 is 11.2 Å². The van der Waals surface area contributed by atoms with Crippen LogP contribution in [0.15, 0.2) is 0 Å². The minimum absolute atomic E-state index is 0.0787. The Bertz CT molecular complexity index is 260. The summed E-state index contributed by atoms with van der Waals surface area (Å²) in [5.74, 6) is 0. The van der Waals surface area contributed by atoms with Crippen molar-refractivity contribution in [2.45, 2.75) is 0 Å². The molecule has 0 aromatic carbocycles. The van der Waals surface area contributed by atoms with Crippen molar-refractivity contribution in [3.63, 3.8) is 0 Å². The van der Waals surface area contributed by atoms with Crippen LogP contribution in [0.25, 0.3) is 0 Å². The zero-order chi connectivity index (χ0) is 11.1. The van der Waals surface area contributed by atoms with Gasteiger partial charge in [0.1, 0.15) is 0 Å². The van der Waals surface area contributed by atoms with E-state index in [-0.39, 0.29) is 5.11 Å². The van der Waals surface area contributed by atoms with Crippen LogP contribution in [0.4, 0.5) is 0 Å². The lowest BCUT2D eigenvalue weighted by Crippen LogP contribution is -2.63. The maximum absolute atomic E-state index is 9.38. The van der Waals surface area contributed by atoms with Crippen molar-refractivity contribution in [1.82, 2.24) is 5.43 Å². The molecule has 0 amide bonds. The molecule has 0 saturated carbocycles. The summed E-state index contributed by atoms with van der Waals surface area (Å²) in [4.78, 5) is 9.38. The van der Waals surface area contributed by atoms with Gasteiger partial charge in [-0.1, -0.05) is 0 Å². The van der Waals surface area contributed by atoms with E-state index in [0.717, 1.165) is 7.11 Å². The lowest BCUT2D eigenvalue weighted by molar-refractivity contribution is -0.535. The van der Waals surface area contributed by atoms with Gasteiger partial charge in [-0.3, -0.25) is 9.92 Å². The second-order valence-electron chi connectivity index (χ2n) is 1.37. The lowest BCUT2D eigenvalue weighted by Gasteiger charge is -1.98. The van der Waals surface area contributed by atoms with Gasteiger partial charge in [-0.2, -0.15) is 0 Å². The Morgan fingerprint density at radius 3 is 2.00 bits per heavy atom. The van der Waals surface area contributed by atoms with E-state index in [1.807, 2.05) is 0 Å². The molecule has 13 heavy (non-hydrogen) atoms. The van der Waals surface area contributed by atoms with Gasteiger partial charge in [-0.25, -0.2) is 18.5 Å². The molecule has 0 unspecified atom stereocenters. The number of rotatable bonds is 2. The monoisotopic (exact) mass is 233 g/mol. The summed E-state index contributed by atoms with van der Waals surface area (Å²) in [5, 5.41) is 8.54. The topological polar surface area (TPSA) is 149 Å². The first-order valence-corrected chi connectivity index (χ1v) is 4.21. The Morgan fingerprint density at radius 1 is 1.69 bits per heavy atom. The molecule has 0 saturated heterocycles. The number of hydrogen-bond acceptors (Lipinski definition) is 7. The van der Waals surface area contributed by atoms with Crippen LogP contribution in [-0.4, -0.2) is 30.2 Å². The molecule has 9 nitrogen and oxygen atoms in total.